The quantitative estimate of drug-likeness (QED) is 0.404. The first kappa shape index (κ1) is 18.6. The molecule has 3 aromatic rings. The SMILES string of the molecule is C=Cc1ccc(P(=N[Si](C)(C)C)(c2ccccc2)c2ccccc2)cc1. The van der Waals surface area contributed by atoms with Gasteiger partial charge in [-0.15, -0.1) is 0 Å². The molecule has 0 spiro atoms. The molecule has 0 bridgehead atoms. The van der Waals surface area contributed by atoms with Crippen LogP contribution in [0.4, 0.5) is 0 Å². The maximum atomic E-state index is 5.63. The standard InChI is InChI=1S/C23H26NPSi/c1-5-20-16-18-23(19-17-20)25(24-26(2,3)4,21-12-8-6-9-13-21)22-14-10-7-11-15-22/h5-19H,1H2,2-4H3. The number of nitrogens with zero attached hydrogens (tertiary/aromatic N) is 1. The van der Waals surface area contributed by atoms with Gasteiger partial charge in [0.15, 0.2) is 8.24 Å². The summed E-state index contributed by atoms with van der Waals surface area (Å²) < 4.78 is 5.63. The molecule has 0 atom stereocenters. The molecule has 3 aromatic carbocycles. The van der Waals surface area contributed by atoms with Gasteiger partial charge in [0.2, 0.25) is 0 Å². The summed E-state index contributed by atoms with van der Waals surface area (Å²) in [4.78, 5) is 0. The summed E-state index contributed by atoms with van der Waals surface area (Å²) in [7, 11) is -3.76. The van der Waals surface area contributed by atoms with Gasteiger partial charge in [-0.1, -0.05) is 117 Å². The summed E-state index contributed by atoms with van der Waals surface area (Å²) in [5, 5.41) is 3.95. The van der Waals surface area contributed by atoms with E-state index < -0.39 is 15.3 Å². The van der Waals surface area contributed by atoms with E-state index in [-0.39, 0.29) is 0 Å². The Balaban J connectivity index is 2.43. The van der Waals surface area contributed by atoms with Crippen LogP contribution in [0.5, 0.6) is 0 Å². The van der Waals surface area contributed by atoms with Gasteiger partial charge < -0.3 is 4.41 Å². The highest BCUT2D eigenvalue weighted by Gasteiger charge is 2.29. The average molecular weight is 376 g/mol. The van der Waals surface area contributed by atoms with E-state index in [1.54, 1.807) is 0 Å². The van der Waals surface area contributed by atoms with Crippen LogP contribution in [0.25, 0.3) is 6.08 Å². The van der Waals surface area contributed by atoms with Gasteiger partial charge in [-0.05, 0) is 21.5 Å². The molecule has 0 N–H and O–H groups in total. The van der Waals surface area contributed by atoms with Gasteiger partial charge in [0, 0.05) is 7.05 Å². The molecule has 0 radical (unpaired) electrons. The zero-order valence-corrected chi connectivity index (χ0v) is 17.7. The molecule has 0 aliphatic carbocycles. The van der Waals surface area contributed by atoms with E-state index in [9.17, 15) is 0 Å². The molecule has 0 unspecified atom stereocenters. The second-order valence-electron chi connectivity index (χ2n) is 7.37. The monoisotopic (exact) mass is 375 g/mol. The summed E-state index contributed by atoms with van der Waals surface area (Å²) in [5.74, 6) is 0. The predicted octanol–water partition coefficient (Wildman–Crippen LogP) is 5.64. The fourth-order valence-electron chi connectivity index (χ4n) is 3.18. The molecule has 0 saturated heterocycles. The Bertz CT molecular complexity index is 880. The molecule has 0 aromatic heterocycles. The molecule has 0 heterocycles. The van der Waals surface area contributed by atoms with Gasteiger partial charge in [0.1, 0.15) is 0 Å². The van der Waals surface area contributed by atoms with E-state index in [1.807, 2.05) is 6.08 Å². The molecule has 26 heavy (non-hydrogen) atoms. The van der Waals surface area contributed by atoms with Gasteiger partial charge in [0.05, 0.1) is 0 Å². The lowest BCUT2D eigenvalue weighted by Gasteiger charge is -2.30. The van der Waals surface area contributed by atoms with Gasteiger partial charge >= 0.3 is 0 Å². The van der Waals surface area contributed by atoms with Crippen LogP contribution in [0.1, 0.15) is 5.56 Å². The topological polar surface area (TPSA) is 12.4 Å². The maximum absolute atomic E-state index is 5.63. The largest absolute Gasteiger partial charge is 0.325 e. The van der Waals surface area contributed by atoms with Crippen LogP contribution in [0, 0.1) is 0 Å². The summed E-state index contributed by atoms with van der Waals surface area (Å²) >= 11 is 0. The smallest absolute Gasteiger partial charge is 0.171 e. The van der Waals surface area contributed by atoms with Crippen LogP contribution in [-0.2, 0) is 0 Å². The van der Waals surface area contributed by atoms with Crippen molar-refractivity contribution < 1.29 is 0 Å². The minimum atomic E-state index is -2.05. The highest BCUT2D eigenvalue weighted by Crippen LogP contribution is 2.48. The normalized spacial score (nSPS) is 11.8. The van der Waals surface area contributed by atoms with Crippen molar-refractivity contribution in [2.24, 2.45) is 4.41 Å². The fourth-order valence-corrected chi connectivity index (χ4v) is 10.9. The molecule has 3 rings (SSSR count). The number of hydrogen-bond donors (Lipinski definition) is 0. The Hall–Kier alpha value is -2.15. The van der Waals surface area contributed by atoms with Gasteiger partial charge in [0.25, 0.3) is 0 Å². The Morgan fingerprint density at radius 2 is 1.12 bits per heavy atom. The molecule has 0 saturated carbocycles. The van der Waals surface area contributed by atoms with Crippen molar-refractivity contribution in [2.45, 2.75) is 19.6 Å². The lowest BCUT2D eigenvalue weighted by Crippen LogP contribution is -2.29. The Kier molecular flexibility index (Phi) is 5.46. The molecule has 132 valence electrons. The van der Waals surface area contributed by atoms with E-state index in [0.717, 1.165) is 5.56 Å². The maximum Gasteiger partial charge on any atom is 0.171 e. The molecule has 0 aliphatic heterocycles. The molecular weight excluding hydrogens is 349 g/mol. The van der Waals surface area contributed by atoms with Crippen molar-refractivity contribution in [3.05, 3.63) is 97.1 Å². The number of hydrogen-bond acceptors (Lipinski definition) is 1. The predicted molar refractivity (Wildman–Crippen MR) is 121 cm³/mol. The van der Waals surface area contributed by atoms with E-state index in [0.29, 0.717) is 0 Å². The van der Waals surface area contributed by atoms with Crippen molar-refractivity contribution in [1.82, 2.24) is 0 Å². The van der Waals surface area contributed by atoms with Crippen LogP contribution in [0.2, 0.25) is 19.6 Å². The van der Waals surface area contributed by atoms with E-state index >= 15 is 0 Å². The summed E-state index contributed by atoms with van der Waals surface area (Å²) in [5.41, 5.74) is 1.14. The van der Waals surface area contributed by atoms with E-state index in [4.69, 9.17) is 4.41 Å². The molecule has 1 nitrogen and oxygen atoms in total. The summed E-state index contributed by atoms with van der Waals surface area (Å²) in [6.45, 7) is 10.9. The first-order valence-corrected chi connectivity index (χ1v) is 14.1. The Morgan fingerprint density at radius 3 is 1.50 bits per heavy atom. The van der Waals surface area contributed by atoms with Crippen LogP contribution in [0.3, 0.4) is 0 Å². The lowest BCUT2D eigenvalue weighted by molar-refractivity contribution is 1.58. The number of benzene rings is 3. The number of rotatable bonds is 5. The van der Waals surface area contributed by atoms with Crippen LogP contribution >= 0.6 is 7.05 Å². The summed E-state index contributed by atoms with van der Waals surface area (Å²) in [6, 6.07) is 30.5. The minimum Gasteiger partial charge on any atom is -0.325 e. The highest BCUT2D eigenvalue weighted by atomic mass is 31.2. The lowest BCUT2D eigenvalue weighted by atomic mass is 10.2. The van der Waals surface area contributed by atoms with Crippen molar-refractivity contribution in [3.63, 3.8) is 0 Å². The second-order valence-corrected chi connectivity index (χ2v) is 15.3. The van der Waals surface area contributed by atoms with Gasteiger partial charge in [-0.2, -0.15) is 0 Å². The van der Waals surface area contributed by atoms with Crippen molar-refractivity contribution in [1.29, 1.82) is 0 Å². The van der Waals surface area contributed by atoms with E-state index in [1.165, 1.54) is 15.9 Å². The summed E-state index contributed by atoms with van der Waals surface area (Å²) in [6.07, 6.45) is 1.89. The third kappa shape index (κ3) is 3.82. The molecule has 0 fully saturated rings. The highest BCUT2D eigenvalue weighted by molar-refractivity contribution is 7.88. The third-order valence-electron chi connectivity index (χ3n) is 4.21. The second kappa shape index (κ2) is 7.61. The Morgan fingerprint density at radius 1 is 0.692 bits per heavy atom. The van der Waals surface area contributed by atoms with Crippen molar-refractivity contribution in [3.8, 4) is 0 Å². The third-order valence-corrected chi connectivity index (χ3v) is 10.9. The van der Waals surface area contributed by atoms with Gasteiger partial charge in [-0.3, -0.25) is 0 Å². The average Bonchev–Trinajstić information content (AvgIpc) is 2.67. The fraction of sp³-hybridized carbons (Fsp3) is 0.130. The molecule has 0 aliphatic rings. The zero-order valence-electron chi connectivity index (χ0n) is 15.8. The first-order valence-electron chi connectivity index (χ1n) is 8.93. The van der Waals surface area contributed by atoms with E-state index in [2.05, 4.69) is 111 Å². The molecular formula is C23H26NPSi. The Labute approximate surface area is 158 Å². The molecule has 3 heteroatoms. The van der Waals surface area contributed by atoms with Crippen LogP contribution in [0.15, 0.2) is 95.9 Å². The van der Waals surface area contributed by atoms with Crippen LogP contribution < -0.4 is 15.9 Å². The van der Waals surface area contributed by atoms with Gasteiger partial charge in [-0.25, -0.2) is 0 Å². The zero-order chi connectivity index (χ0) is 18.6. The van der Waals surface area contributed by atoms with Crippen molar-refractivity contribution in [2.75, 3.05) is 0 Å². The molecule has 0 amide bonds. The first-order chi connectivity index (χ1) is 12.5. The minimum absolute atomic E-state index is 1.14. The van der Waals surface area contributed by atoms with Crippen molar-refractivity contribution >= 4 is 37.3 Å². The van der Waals surface area contributed by atoms with Crippen LogP contribution in [-0.4, -0.2) is 8.24 Å².